The summed E-state index contributed by atoms with van der Waals surface area (Å²) in [6.45, 7) is 7.49. The number of allylic oxidation sites excluding steroid dienone is 2. The number of rotatable bonds is 11. The van der Waals surface area contributed by atoms with Gasteiger partial charge in [-0.2, -0.15) is 0 Å². The van der Waals surface area contributed by atoms with Crippen LogP contribution >= 0.6 is 11.8 Å². The molecule has 0 bridgehead atoms. The van der Waals surface area contributed by atoms with Crippen molar-refractivity contribution in [1.29, 1.82) is 0 Å². The van der Waals surface area contributed by atoms with E-state index in [1.807, 2.05) is 73.3 Å². The van der Waals surface area contributed by atoms with Gasteiger partial charge in [0.2, 0.25) is 0 Å². The highest BCUT2D eigenvalue weighted by atomic mass is 32.2. The Morgan fingerprint density at radius 3 is 2.25 bits per heavy atom. The molecule has 0 spiro atoms. The Labute approximate surface area is 239 Å². The number of esters is 2. The smallest absolute Gasteiger partial charge is 0.337 e. The fourth-order valence-corrected chi connectivity index (χ4v) is 5.21. The van der Waals surface area contributed by atoms with Crippen molar-refractivity contribution in [2.45, 2.75) is 57.7 Å². The second-order valence-corrected chi connectivity index (χ2v) is 10.6. The van der Waals surface area contributed by atoms with E-state index in [0.717, 1.165) is 12.1 Å². The van der Waals surface area contributed by atoms with Gasteiger partial charge in [0.25, 0.3) is 0 Å². The minimum atomic E-state index is -0.765. The summed E-state index contributed by atoms with van der Waals surface area (Å²) in [4.78, 5) is 31.8. The Kier molecular flexibility index (Phi) is 9.71. The van der Waals surface area contributed by atoms with Crippen LogP contribution in [0.25, 0.3) is 0 Å². The minimum absolute atomic E-state index is 0.253. The molecule has 4 rings (SSSR count). The zero-order chi connectivity index (χ0) is 28.6. The minimum Gasteiger partial charge on any atom is -0.462 e. The van der Waals surface area contributed by atoms with E-state index < -0.39 is 17.9 Å². The SMILES string of the molecule is CSc1ncc(C2C(C(=O)OCCCc3ccccc3)=C(C)NC(C)=C2C(=O)OC(C)C)n1Nc1ccccc1. The summed E-state index contributed by atoms with van der Waals surface area (Å²) in [7, 11) is 0. The number of nitrogens with one attached hydrogen (secondary N) is 2. The number of benzene rings is 2. The van der Waals surface area contributed by atoms with Crippen LogP contribution in [0.4, 0.5) is 5.69 Å². The number of hydrogen-bond acceptors (Lipinski definition) is 8. The van der Waals surface area contributed by atoms with E-state index >= 15 is 0 Å². The van der Waals surface area contributed by atoms with Crippen LogP contribution < -0.4 is 10.7 Å². The largest absolute Gasteiger partial charge is 0.462 e. The van der Waals surface area contributed by atoms with Crippen molar-refractivity contribution < 1.29 is 19.1 Å². The maximum absolute atomic E-state index is 13.7. The fourth-order valence-electron chi connectivity index (χ4n) is 4.72. The molecule has 0 saturated carbocycles. The number of carbonyl (C=O) groups is 2. The summed E-state index contributed by atoms with van der Waals surface area (Å²) in [6, 6.07) is 19.8. The number of thioether (sulfide) groups is 1. The summed E-state index contributed by atoms with van der Waals surface area (Å²) in [5.41, 5.74) is 7.97. The lowest BCUT2D eigenvalue weighted by molar-refractivity contribution is -0.143. The predicted molar refractivity (Wildman–Crippen MR) is 158 cm³/mol. The number of ether oxygens (including phenoxy) is 2. The molecule has 8 nitrogen and oxygen atoms in total. The van der Waals surface area contributed by atoms with Gasteiger partial charge in [-0.15, -0.1) is 0 Å². The number of dihydropyridines is 1. The second-order valence-electron chi connectivity index (χ2n) is 9.80. The summed E-state index contributed by atoms with van der Waals surface area (Å²) in [6.07, 6.45) is 4.77. The second kappa shape index (κ2) is 13.4. The standard InChI is InChI=1S/C31H36N4O4S/c1-20(2)39-30(37)27-22(4)33-21(3)26(29(36)38-18-12-15-23-13-8-6-9-14-23)28(27)25-19-32-31(40-5)35(25)34-24-16-10-7-11-17-24/h6-11,13-14,16-17,19-20,28,33-34H,12,15,18H2,1-5H3. The number of imidazole rings is 1. The first-order valence-electron chi connectivity index (χ1n) is 13.3. The zero-order valence-corrected chi connectivity index (χ0v) is 24.4. The van der Waals surface area contributed by atoms with Gasteiger partial charge in [0.05, 0.1) is 47.4 Å². The van der Waals surface area contributed by atoms with E-state index in [1.165, 1.54) is 17.3 Å². The van der Waals surface area contributed by atoms with Crippen LogP contribution in [0.3, 0.4) is 0 Å². The number of para-hydroxylation sites is 1. The van der Waals surface area contributed by atoms with Crippen LogP contribution in [0.1, 0.15) is 51.3 Å². The van der Waals surface area contributed by atoms with Crippen molar-refractivity contribution in [3.05, 3.63) is 101 Å². The average molecular weight is 561 g/mol. The Hall–Kier alpha value is -3.98. The lowest BCUT2D eigenvalue weighted by Gasteiger charge is -2.31. The van der Waals surface area contributed by atoms with Gasteiger partial charge in [-0.1, -0.05) is 60.3 Å². The third-order valence-corrected chi connectivity index (χ3v) is 7.13. The molecule has 1 aliphatic heterocycles. The summed E-state index contributed by atoms with van der Waals surface area (Å²) < 4.78 is 13.3. The van der Waals surface area contributed by atoms with E-state index in [1.54, 1.807) is 20.0 Å². The van der Waals surface area contributed by atoms with Gasteiger partial charge < -0.3 is 14.8 Å². The number of aryl methyl sites for hydroxylation is 1. The molecule has 0 radical (unpaired) electrons. The molecule has 2 N–H and O–H groups in total. The van der Waals surface area contributed by atoms with Gasteiger partial charge >= 0.3 is 11.9 Å². The van der Waals surface area contributed by atoms with Gasteiger partial charge in [0.1, 0.15) is 0 Å². The molecule has 9 heteroatoms. The normalized spacial score (nSPS) is 15.2. The maximum Gasteiger partial charge on any atom is 0.337 e. The van der Waals surface area contributed by atoms with Crippen LogP contribution in [-0.4, -0.2) is 40.6 Å². The lowest BCUT2D eigenvalue weighted by atomic mass is 9.83. The van der Waals surface area contributed by atoms with Gasteiger partial charge in [-0.05, 0) is 64.5 Å². The van der Waals surface area contributed by atoms with Gasteiger partial charge in [0, 0.05) is 11.4 Å². The molecule has 2 heterocycles. The molecule has 1 unspecified atom stereocenters. The van der Waals surface area contributed by atoms with Crippen LogP contribution in [0.5, 0.6) is 0 Å². The van der Waals surface area contributed by atoms with Crippen LogP contribution in [0.2, 0.25) is 0 Å². The molecule has 40 heavy (non-hydrogen) atoms. The van der Waals surface area contributed by atoms with Gasteiger partial charge in [-0.3, -0.25) is 5.43 Å². The number of hydrogen-bond donors (Lipinski definition) is 2. The Bertz CT molecular complexity index is 1400. The van der Waals surface area contributed by atoms with E-state index in [2.05, 4.69) is 27.9 Å². The van der Waals surface area contributed by atoms with E-state index in [-0.39, 0.29) is 12.7 Å². The first-order valence-corrected chi connectivity index (χ1v) is 14.6. The molecule has 0 amide bonds. The number of nitrogens with zero attached hydrogens (tertiary/aromatic N) is 2. The highest BCUT2D eigenvalue weighted by molar-refractivity contribution is 7.98. The first kappa shape index (κ1) is 29.0. The molecule has 2 aromatic carbocycles. The number of anilines is 1. The van der Waals surface area contributed by atoms with Gasteiger partial charge in [-0.25, -0.2) is 19.2 Å². The molecule has 0 aliphatic carbocycles. The molecule has 1 aliphatic rings. The average Bonchev–Trinajstić information content (AvgIpc) is 3.33. The Balaban J connectivity index is 1.70. The third-order valence-electron chi connectivity index (χ3n) is 6.48. The molecule has 0 saturated heterocycles. The fraction of sp³-hybridized carbons (Fsp3) is 0.323. The molecule has 1 atom stereocenters. The third kappa shape index (κ3) is 6.77. The highest BCUT2D eigenvalue weighted by Crippen LogP contribution is 2.40. The number of carbonyl (C=O) groups excluding carboxylic acids is 2. The summed E-state index contributed by atoms with van der Waals surface area (Å²) in [5, 5.41) is 3.90. The predicted octanol–water partition coefficient (Wildman–Crippen LogP) is 5.84. The van der Waals surface area contributed by atoms with Crippen LogP contribution in [-0.2, 0) is 25.5 Å². The maximum atomic E-state index is 13.7. The molecular formula is C31H36N4O4S. The van der Waals surface area contributed by atoms with Crippen molar-refractivity contribution in [2.75, 3.05) is 18.3 Å². The monoisotopic (exact) mass is 560 g/mol. The lowest BCUT2D eigenvalue weighted by Crippen LogP contribution is -2.34. The summed E-state index contributed by atoms with van der Waals surface area (Å²) >= 11 is 1.46. The van der Waals surface area contributed by atoms with E-state index in [4.69, 9.17) is 9.47 Å². The van der Waals surface area contributed by atoms with Gasteiger partial charge in [0.15, 0.2) is 5.16 Å². The molecule has 1 aromatic heterocycles. The number of aromatic nitrogens is 2. The first-order chi connectivity index (χ1) is 19.3. The van der Waals surface area contributed by atoms with Crippen molar-refractivity contribution >= 4 is 29.4 Å². The van der Waals surface area contributed by atoms with E-state index in [9.17, 15) is 9.59 Å². The quantitative estimate of drug-likeness (QED) is 0.172. The Morgan fingerprint density at radius 2 is 1.62 bits per heavy atom. The van der Waals surface area contributed by atoms with Crippen molar-refractivity contribution in [3.63, 3.8) is 0 Å². The molecule has 3 aromatic rings. The molecule has 0 fully saturated rings. The highest BCUT2D eigenvalue weighted by Gasteiger charge is 2.40. The molecular weight excluding hydrogens is 524 g/mol. The van der Waals surface area contributed by atoms with Crippen molar-refractivity contribution in [3.8, 4) is 0 Å². The van der Waals surface area contributed by atoms with Crippen molar-refractivity contribution in [1.82, 2.24) is 15.0 Å². The summed E-state index contributed by atoms with van der Waals surface area (Å²) in [5.74, 6) is -1.74. The molecule has 210 valence electrons. The Morgan fingerprint density at radius 1 is 1.00 bits per heavy atom. The van der Waals surface area contributed by atoms with Crippen LogP contribution in [0.15, 0.2) is 94.6 Å². The zero-order valence-electron chi connectivity index (χ0n) is 23.6. The topological polar surface area (TPSA) is 94.5 Å². The van der Waals surface area contributed by atoms with E-state index in [0.29, 0.717) is 39.8 Å². The van der Waals surface area contributed by atoms with Crippen LogP contribution in [0, 0.1) is 0 Å². The van der Waals surface area contributed by atoms with Crippen molar-refractivity contribution in [2.24, 2.45) is 0 Å².